The van der Waals surface area contributed by atoms with E-state index in [0.717, 1.165) is 35.5 Å². The lowest BCUT2D eigenvalue weighted by Gasteiger charge is -2.28. The smallest absolute Gasteiger partial charge is 0.416 e. The van der Waals surface area contributed by atoms with Gasteiger partial charge in [-0.2, -0.15) is 13.2 Å². The van der Waals surface area contributed by atoms with Crippen LogP contribution in [-0.2, 0) is 11.0 Å². The lowest BCUT2D eigenvalue weighted by atomic mass is 9.89. The molecule has 2 aliphatic rings. The van der Waals surface area contributed by atoms with Gasteiger partial charge in [0.15, 0.2) is 0 Å². The number of fused-ring (bicyclic) bond motifs is 1. The number of halogens is 4. The molecule has 2 aromatic rings. The normalized spacial score (nSPS) is 21.4. The Kier molecular flexibility index (Phi) is 5.12. The third-order valence-corrected chi connectivity index (χ3v) is 6.05. The summed E-state index contributed by atoms with van der Waals surface area (Å²) < 4.78 is 49.6. The number of nitrogens with one attached hydrogen (secondary N) is 1. The zero-order valence-corrected chi connectivity index (χ0v) is 16.2. The molecule has 0 aromatic heterocycles. The molecule has 0 radical (unpaired) electrons. The van der Waals surface area contributed by atoms with Crippen molar-refractivity contribution in [3.63, 3.8) is 0 Å². The molecule has 0 aliphatic carbocycles. The summed E-state index contributed by atoms with van der Waals surface area (Å²) in [6.45, 7) is 0.362. The van der Waals surface area contributed by atoms with E-state index in [4.69, 9.17) is 21.1 Å². The van der Waals surface area contributed by atoms with E-state index in [1.54, 1.807) is 18.2 Å². The van der Waals surface area contributed by atoms with Gasteiger partial charge in [-0.1, -0.05) is 29.4 Å². The highest BCUT2D eigenvalue weighted by atomic mass is 35.5. The number of hydrogen-bond acceptors (Lipinski definition) is 5. The molecule has 2 aliphatic heterocycles. The van der Waals surface area contributed by atoms with Crippen LogP contribution in [0.2, 0.25) is 5.02 Å². The number of carbonyl (C=O) groups excluding carboxylic acids is 2. The van der Waals surface area contributed by atoms with E-state index in [2.05, 4.69) is 5.32 Å². The molecule has 0 saturated carbocycles. The van der Waals surface area contributed by atoms with E-state index in [-0.39, 0.29) is 27.8 Å². The van der Waals surface area contributed by atoms with Crippen molar-refractivity contribution in [1.82, 2.24) is 5.32 Å². The van der Waals surface area contributed by atoms with Gasteiger partial charge in [0.25, 0.3) is 5.24 Å². The van der Waals surface area contributed by atoms with Gasteiger partial charge >= 0.3 is 6.18 Å². The van der Waals surface area contributed by atoms with Crippen LogP contribution in [0.1, 0.15) is 23.5 Å². The average molecular weight is 444 g/mol. The maximum atomic E-state index is 12.8. The Balaban J connectivity index is 1.57. The van der Waals surface area contributed by atoms with Crippen LogP contribution in [0.4, 0.5) is 18.0 Å². The predicted molar refractivity (Wildman–Crippen MR) is 101 cm³/mol. The van der Waals surface area contributed by atoms with Crippen LogP contribution in [0.5, 0.6) is 17.2 Å². The van der Waals surface area contributed by atoms with Gasteiger partial charge < -0.3 is 9.47 Å². The molecular weight excluding hydrogens is 431 g/mol. The van der Waals surface area contributed by atoms with Gasteiger partial charge in [0.05, 0.1) is 17.2 Å². The second-order valence-corrected chi connectivity index (χ2v) is 8.03. The van der Waals surface area contributed by atoms with Crippen molar-refractivity contribution in [2.24, 2.45) is 0 Å². The fourth-order valence-corrected chi connectivity index (χ4v) is 4.52. The second-order valence-electron chi connectivity index (χ2n) is 6.50. The summed E-state index contributed by atoms with van der Waals surface area (Å²) >= 11 is 6.89. The Bertz CT molecular complexity index is 998. The highest BCUT2D eigenvalue weighted by Gasteiger charge is 2.41. The van der Waals surface area contributed by atoms with Crippen molar-refractivity contribution < 1.29 is 32.2 Å². The van der Waals surface area contributed by atoms with Gasteiger partial charge in [-0.25, -0.2) is 0 Å². The third kappa shape index (κ3) is 4.02. The summed E-state index contributed by atoms with van der Waals surface area (Å²) in [4.78, 5) is 23.5. The zero-order chi connectivity index (χ0) is 20.8. The summed E-state index contributed by atoms with van der Waals surface area (Å²) in [6, 6.07) is 7.78. The summed E-state index contributed by atoms with van der Waals surface area (Å²) in [5.41, 5.74) is -0.0992. The van der Waals surface area contributed by atoms with E-state index < -0.39 is 17.0 Å². The molecule has 2 aromatic carbocycles. The molecule has 4 rings (SSSR count). The molecular formula is C19H13ClF3NO4S. The molecule has 2 atom stereocenters. The predicted octanol–water partition coefficient (Wildman–Crippen LogP) is 5.37. The minimum Gasteiger partial charge on any atom is -0.493 e. The topological polar surface area (TPSA) is 64.6 Å². The van der Waals surface area contributed by atoms with Crippen LogP contribution in [0.25, 0.3) is 0 Å². The lowest BCUT2D eigenvalue weighted by molar-refractivity contribution is -0.137. The van der Waals surface area contributed by atoms with Crippen LogP contribution in [0.3, 0.4) is 0 Å². The fourth-order valence-electron chi connectivity index (χ4n) is 3.30. The lowest BCUT2D eigenvalue weighted by Crippen LogP contribution is -2.31. The van der Waals surface area contributed by atoms with Gasteiger partial charge in [0.1, 0.15) is 22.5 Å². The largest absolute Gasteiger partial charge is 0.493 e. The van der Waals surface area contributed by atoms with Crippen molar-refractivity contribution >= 4 is 34.5 Å². The quantitative estimate of drug-likeness (QED) is 0.691. The first-order valence-electron chi connectivity index (χ1n) is 8.55. The molecule has 152 valence electrons. The molecule has 29 heavy (non-hydrogen) atoms. The summed E-state index contributed by atoms with van der Waals surface area (Å²) in [5.74, 6) is 0.372. The van der Waals surface area contributed by atoms with E-state index in [0.29, 0.717) is 24.5 Å². The molecule has 10 heteroatoms. The second kappa shape index (κ2) is 7.46. The number of imide groups is 1. The van der Waals surface area contributed by atoms with Gasteiger partial charge in [-0.05, 0) is 36.2 Å². The Hall–Kier alpha value is -2.39. The number of amides is 2. The number of hydrogen-bond donors (Lipinski definition) is 1. The SMILES string of the molecule is O=C1NC(=O)[C@@H]([C@H]2CCOc3cc(Oc4ccc(C(F)(F)F)cc4Cl)ccc32)S1. The van der Waals surface area contributed by atoms with E-state index in [9.17, 15) is 22.8 Å². The number of alkyl halides is 3. The van der Waals surface area contributed by atoms with Gasteiger partial charge in [-0.15, -0.1) is 0 Å². The van der Waals surface area contributed by atoms with Crippen LogP contribution in [0.15, 0.2) is 36.4 Å². The Labute approximate surface area is 172 Å². The molecule has 2 amide bonds. The summed E-state index contributed by atoms with van der Waals surface area (Å²) in [7, 11) is 0. The standard InChI is InChI=1S/C19H13ClF3NO4S/c20-13-7-9(19(21,22)23)1-4-14(13)28-10-2-3-11-12(5-6-27-15(11)8-10)16-17(25)24-18(26)29-16/h1-4,7-8,12,16H,5-6H2,(H,24,25,26)/t12-,16+/m0/s1. The first kappa shape index (κ1) is 19.9. The molecule has 1 fully saturated rings. The van der Waals surface area contributed by atoms with Gasteiger partial charge in [0, 0.05) is 12.0 Å². The van der Waals surface area contributed by atoms with Crippen LogP contribution in [-0.4, -0.2) is 23.0 Å². The molecule has 1 saturated heterocycles. The number of ether oxygens (including phenoxy) is 2. The van der Waals surface area contributed by atoms with Crippen molar-refractivity contribution in [2.75, 3.05) is 6.61 Å². The van der Waals surface area contributed by atoms with Crippen molar-refractivity contribution in [3.05, 3.63) is 52.5 Å². The van der Waals surface area contributed by atoms with Crippen LogP contribution < -0.4 is 14.8 Å². The van der Waals surface area contributed by atoms with Crippen LogP contribution >= 0.6 is 23.4 Å². The van der Waals surface area contributed by atoms with Crippen LogP contribution in [0, 0.1) is 0 Å². The number of thioether (sulfide) groups is 1. The monoisotopic (exact) mass is 443 g/mol. The highest BCUT2D eigenvalue weighted by Crippen LogP contribution is 2.44. The van der Waals surface area contributed by atoms with E-state index in [1.807, 2.05) is 0 Å². The zero-order valence-electron chi connectivity index (χ0n) is 14.6. The number of carbonyl (C=O) groups is 2. The van der Waals surface area contributed by atoms with E-state index >= 15 is 0 Å². The minimum atomic E-state index is -4.50. The molecule has 5 nitrogen and oxygen atoms in total. The van der Waals surface area contributed by atoms with Crippen molar-refractivity contribution in [1.29, 1.82) is 0 Å². The maximum absolute atomic E-state index is 12.8. The van der Waals surface area contributed by atoms with E-state index in [1.165, 1.54) is 0 Å². The number of benzene rings is 2. The first-order valence-corrected chi connectivity index (χ1v) is 9.81. The Morgan fingerprint density at radius 3 is 2.62 bits per heavy atom. The van der Waals surface area contributed by atoms with Gasteiger partial charge in [0.2, 0.25) is 5.91 Å². The van der Waals surface area contributed by atoms with Gasteiger partial charge in [-0.3, -0.25) is 14.9 Å². The first-order chi connectivity index (χ1) is 13.7. The fraction of sp³-hybridized carbons (Fsp3) is 0.263. The molecule has 0 bridgehead atoms. The van der Waals surface area contributed by atoms with Crippen molar-refractivity contribution in [2.45, 2.75) is 23.8 Å². The Morgan fingerprint density at radius 2 is 1.97 bits per heavy atom. The number of rotatable bonds is 3. The molecule has 1 N–H and O–H groups in total. The summed E-state index contributed by atoms with van der Waals surface area (Å²) in [5, 5.41) is 1.22. The molecule has 2 heterocycles. The summed E-state index contributed by atoms with van der Waals surface area (Å²) in [6.07, 6.45) is -3.92. The molecule has 0 unspecified atom stereocenters. The highest BCUT2D eigenvalue weighted by molar-refractivity contribution is 8.15. The Morgan fingerprint density at radius 1 is 1.17 bits per heavy atom. The minimum absolute atomic E-state index is 0.0725. The molecule has 0 spiro atoms. The van der Waals surface area contributed by atoms with Crippen molar-refractivity contribution in [3.8, 4) is 17.2 Å². The maximum Gasteiger partial charge on any atom is 0.416 e. The third-order valence-electron chi connectivity index (χ3n) is 4.64. The average Bonchev–Trinajstić information content (AvgIpc) is 3.00.